The monoisotopic (exact) mass is 405 g/mol. The molecule has 2 aromatic rings. The topological polar surface area (TPSA) is 71.5 Å². The fourth-order valence-corrected chi connectivity index (χ4v) is 3.29. The number of ether oxygens (including phenoxy) is 1. The molecule has 0 saturated carbocycles. The van der Waals surface area contributed by atoms with E-state index in [-0.39, 0.29) is 47.7 Å². The molecule has 148 valence electrons. The number of nitrogens with one attached hydrogen (secondary N) is 1. The van der Waals surface area contributed by atoms with E-state index in [0.29, 0.717) is 24.2 Å². The SMILES string of the molecule is CCNC(=O)c1nc2c(cc1Cc1ccc(F)cc1)N(C(=O)CCl)C(C)CO2. The van der Waals surface area contributed by atoms with Crippen molar-refractivity contribution in [1.82, 2.24) is 10.3 Å². The van der Waals surface area contributed by atoms with Gasteiger partial charge in [0.25, 0.3) is 5.91 Å². The minimum Gasteiger partial charge on any atom is -0.474 e. The van der Waals surface area contributed by atoms with Crippen molar-refractivity contribution in [2.45, 2.75) is 26.3 Å². The molecular formula is C20H21ClFN3O3. The minimum absolute atomic E-state index is 0.171. The van der Waals surface area contributed by atoms with Crippen molar-refractivity contribution in [3.05, 3.63) is 53.0 Å². The molecule has 3 rings (SSSR count). The summed E-state index contributed by atoms with van der Waals surface area (Å²) in [5, 5.41) is 2.74. The number of anilines is 1. The summed E-state index contributed by atoms with van der Waals surface area (Å²) < 4.78 is 18.9. The molecule has 0 saturated heterocycles. The smallest absolute Gasteiger partial charge is 0.270 e. The molecule has 1 atom stereocenters. The van der Waals surface area contributed by atoms with E-state index in [9.17, 15) is 14.0 Å². The molecule has 2 heterocycles. The van der Waals surface area contributed by atoms with Crippen molar-refractivity contribution in [1.29, 1.82) is 0 Å². The zero-order valence-corrected chi connectivity index (χ0v) is 16.4. The third kappa shape index (κ3) is 4.09. The van der Waals surface area contributed by atoms with Gasteiger partial charge in [-0.25, -0.2) is 9.37 Å². The summed E-state index contributed by atoms with van der Waals surface area (Å²) in [5.74, 6) is -0.883. The second kappa shape index (κ2) is 8.56. The highest BCUT2D eigenvalue weighted by Crippen LogP contribution is 2.35. The van der Waals surface area contributed by atoms with Crippen molar-refractivity contribution < 1.29 is 18.7 Å². The van der Waals surface area contributed by atoms with Gasteiger partial charge >= 0.3 is 0 Å². The summed E-state index contributed by atoms with van der Waals surface area (Å²) >= 11 is 5.77. The number of carbonyl (C=O) groups is 2. The molecule has 1 aromatic heterocycles. The van der Waals surface area contributed by atoms with E-state index in [1.807, 2.05) is 13.8 Å². The number of carbonyl (C=O) groups excluding carboxylic acids is 2. The second-order valence-electron chi connectivity index (χ2n) is 6.54. The van der Waals surface area contributed by atoms with Gasteiger partial charge in [-0.05, 0) is 49.6 Å². The van der Waals surface area contributed by atoms with E-state index in [1.165, 1.54) is 12.1 Å². The molecule has 0 bridgehead atoms. The van der Waals surface area contributed by atoms with Gasteiger partial charge in [-0.1, -0.05) is 12.1 Å². The van der Waals surface area contributed by atoms with Crippen LogP contribution in [0.3, 0.4) is 0 Å². The van der Waals surface area contributed by atoms with Crippen LogP contribution >= 0.6 is 11.6 Å². The van der Waals surface area contributed by atoms with Crippen LogP contribution in [0.15, 0.2) is 30.3 Å². The number of fused-ring (bicyclic) bond motifs is 1. The zero-order valence-electron chi connectivity index (χ0n) is 15.7. The molecule has 8 heteroatoms. The lowest BCUT2D eigenvalue weighted by atomic mass is 10.0. The van der Waals surface area contributed by atoms with Crippen LogP contribution in [0.4, 0.5) is 10.1 Å². The van der Waals surface area contributed by atoms with E-state index in [4.69, 9.17) is 16.3 Å². The molecule has 0 aliphatic carbocycles. The molecule has 28 heavy (non-hydrogen) atoms. The first-order valence-corrected chi connectivity index (χ1v) is 9.55. The Morgan fingerprint density at radius 3 is 2.71 bits per heavy atom. The molecule has 0 radical (unpaired) electrons. The summed E-state index contributed by atoms with van der Waals surface area (Å²) in [6.07, 6.45) is 0.352. The van der Waals surface area contributed by atoms with E-state index in [0.717, 1.165) is 5.56 Å². The molecule has 1 N–H and O–H groups in total. The van der Waals surface area contributed by atoms with Crippen molar-refractivity contribution in [2.24, 2.45) is 0 Å². The lowest BCUT2D eigenvalue weighted by Crippen LogP contribution is -2.46. The van der Waals surface area contributed by atoms with Crippen LogP contribution in [0.2, 0.25) is 0 Å². The number of rotatable bonds is 5. The zero-order chi connectivity index (χ0) is 20.3. The lowest BCUT2D eigenvalue weighted by Gasteiger charge is -2.34. The van der Waals surface area contributed by atoms with Crippen LogP contribution in [-0.4, -0.2) is 41.9 Å². The van der Waals surface area contributed by atoms with Gasteiger partial charge in [-0.15, -0.1) is 11.6 Å². The predicted molar refractivity (Wildman–Crippen MR) is 105 cm³/mol. The number of pyridine rings is 1. The Morgan fingerprint density at radius 1 is 1.36 bits per heavy atom. The van der Waals surface area contributed by atoms with Crippen molar-refractivity contribution in [3.8, 4) is 5.88 Å². The van der Waals surface area contributed by atoms with Gasteiger partial charge in [-0.2, -0.15) is 0 Å². The Labute approximate surface area is 167 Å². The van der Waals surface area contributed by atoms with E-state index in [1.54, 1.807) is 23.1 Å². The maximum absolute atomic E-state index is 13.2. The number of halogens is 2. The highest BCUT2D eigenvalue weighted by molar-refractivity contribution is 6.29. The number of amides is 2. The molecule has 2 amide bonds. The van der Waals surface area contributed by atoms with Gasteiger partial charge in [0.05, 0.1) is 6.04 Å². The highest BCUT2D eigenvalue weighted by Gasteiger charge is 2.32. The van der Waals surface area contributed by atoms with Gasteiger partial charge < -0.3 is 15.0 Å². The fraction of sp³-hybridized carbons (Fsp3) is 0.350. The molecule has 0 fully saturated rings. The van der Waals surface area contributed by atoms with E-state index >= 15 is 0 Å². The quantitative estimate of drug-likeness (QED) is 0.776. The molecule has 1 aliphatic heterocycles. The van der Waals surface area contributed by atoms with E-state index < -0.39 is 0 Å². The van der Waals surface area contributed by atoms with Gasteiger partial charge in [0.1, 0.15) is 29.7 Å². The Balaban J connectivity index is 2.09. The Bertz CT molecular complexity index is 889. The van der Waals surface area contributed by atoms with Crippen molar-refractivity contribution in [3.63, 3.8) is 0 Å². The standard InChI is InChI=1S/C20H21ClFN3O3/c1-3-23-19(27)18-14(8-13-4-6-15(22)7-5-13)9-16-20(24-18)28-11-12(2)25(16)17(26)10-21/h4-7,9,12H,3,8,10-11H2,1-2H3,(H,23,27). The molecule has 6 nitrogen and oxygen atoms in total. The number of hydrogen-bond acceptors (Lipinski definition) is 4. The van der Waals surface area contributed by atoms with Crippen LogP contribution < -0.4 is 15.0 Å². The normalized spacial score (nSPS) is 15.6. The first kappa shape index (κ1) is 20.1. The van der Waals surface area contributed by atoms with E-state index in [2.05, 4.69) is 10.3 Å². The maximum atomic E-state index is 13.2. The van der Waals surface area contributed by atoms with Crippen molar-refractivity contribution >= 4 is 29.1 Å². The fourth-order valence-electron chi connectivity index (χ4n) is 3.16. The summed E-state index contributed by atoms with van der Waals surface area (Å²) in [4.78, 5) is 30.9. The Morgan fingerprint density at radius 2 is 2.07 bits per heavy atom. The van der Waals surface area contributed by atoms with Crippen LogP contribution in [0.25, 0.3) is 0 Å². The molecule has 1 unspecified atom stereocenters. The van der Waals surface area contributed by atoms with Crippen LogP contribution in [0.1, 0.15) is 35.5 Å². The second-order valence-corrected chi connectivity index (χ2v) is 6.81. The van der Waals surface area contributed by atoms with Crippen LogP contribution in [-0.2, 0) is 11.2 Å². The number of aromatic nitrogens is 1. The number of nitrogens with zero attached hydrogens (tertiary/aromatic N) is 2. The lowest BCUT2D eigenvalue weighted by molar-refractivity contribution is -0.117. The molecular weight excluding hydrogens is 385 g/mol. The Kier molecular flexibility index (Phi) is 6.14. The third-order valence-corrected chi connectivity index (χ3v) is 4.68. The summed E-state index contributed by atoms with van der Waals surface area (Å²) in [7, 11) is 0. The highest BCUT2D eigenvalue weighted by atomic mass is 35.5. The largest absolute Gasteiger partial charge is 0.474 e. The van der Waals surface area contributed by atoms with Crippen molar-refractivity contribution in [2.75, 3.05) is 23.9 Å². The van der Waals surface area contributed by atoms with Gasteiger partial charge in [-0.3, -0.25) is 9.59 Å². The molecule has 0 spiro atoms. The van der Waals surface area contributed by atoms with Gasteiger partial charge in [0, 0.05) is 6.54 Å². The minimum atomic E-state index is -0.336. The number of alkyl halides is 1. The molecule has 1 aliphatic rings. The predicted octanol–water partition coefficient (Wildman–Crippen LogP) is 2.91. The first-order chi connectivity index (χ1) is 13.4. The number of benzene rings is 1. The average Bonchev–Trinajstić information content (AvgIpc) is 2.69. The maximum Gasteiger partial charge on any atom is 0.270 e. The summed E-state index contributed by atoms with van der Waals surface area (Å²) in [5.41, 5.74) is 2.13. The summed E-state index contributed by atoms with van der Waals surface area (Å²) in [6.45, 7) is 4.37. The molecule has 1 aromatic carbocycles. The summed E-state index contributed by atoms with van der Waals surface area (Å²) in [6, 6.07) is 7.54. The van der Waals surface area contributed by atoms with Crippen LogP contribution in [0.5, 0.6) is 5.88 Å². The first-order valence-electron chi connectivity index (χ1n) is 9.02. The Hall–Kier alpha value is -2.67. The number of hydrogen-bond donors (Lipinski definition) is 1. The van der Waals surface area contributed by atoms with Gasteiger partial charge in [0.15, 0.2) is 0 Å². The van der Waals surface area contributed by atoms with Gasteiger partial charge in [0.2, 0.25) is 11.8 Å². The average molecular weight is 406 g/mol. The van der Waals surface area contributed by atoms with Crippen LogP contribution in [0, 0.1) is 5.82 Å². The third-order valence-electron chi connectivity index (χ3n) is 4.45.